The fraction of sp³-hybridized carbons (Fsp3) is 0.636. The van der Waals surface area contributed by atoms with E-state index in [1.807, 2.05) is 0 Å². The van der Waals surface area contributed by atoms with Crippen molar-refractivity contribution in [2.75, 3.05) is 39.6 Å². The van der Waals surface area contributed by atoms with Gasteiger partial charge in [-0.1, -0.05) is 0 Å². The number of rotatable bonds is 18. The summed E-state index contributed by atoms with van der Waals surface area (Å²) in [6.45, 7) is 0.589. The second kappa shape index (κ2) is 17.6. The first kappa shape index (κ1) is 28.1. The summed E-state index contributed by atoms with van der Waals surface area (Å²) in [5.41, 5.74) is 0. The highest BCUT2D eigenvalue weighted by molar-refractivity contribution is 5.90. The van der Waals surface area contributed by atoms with Gasteiger partial charge in [0, 0.05) is 13.2 Å². The highest BCUT2D eigenvalue weighted by Gasteiger charge is 2.18. The molecule has 0 fully saturated rings. The van der Waals surface area contributed by atoms with E-state index in [0.29, 0.717) is 38.5 Å². The van der Waals surface area contributed by atoms with Crippen LogP contribution >= 0.6 is 0 Å². The quantitative estimate of drug-likeness (QED) is 0.182. The molecule has 0 bridgehead atoms. The maximum absolute atomic E-state index is 11.9. The van der Waals surface area contributed by atoms with E-state index in [0.717, 1.165) is 0 Å². The molecule has 33 heavy (non-hydrogen) atoms. The van der Waals surface area contributed by atoms with Crippen LogP contribution in [0.3, 0.4) is 0 Å². The summed E-state index contributed by atoms with van der Waals surface area (Å²) in [6, 6.07) is 2.63. The first-order valence-corrected chi connectivity index (χ1v) is 10.9. The van der Waals surface area contributed by atoms with Crippen molar-refractivity contribution in [1.82, 2.24) is 0 Å². The van der Waals surface area contributed by atoms with Crippen molar-refractivity contribution >= 4 is 23.9 Å². The fourth-order valence-corrected chi connectivity index (χ4v) is 2.38. The number of esters is 4. The Bertz CT molecular complexity index is 726. The normalized spacial score (nSPS) is 10.5. The van der Waals surface area contributed by atoms with E-state index in [-0.39, 0.29) is 64.0 Å². The molecule has 0 saturated heterocycles. The predicted octanol–water partition coefficient (Wildman–Crippen LogP) is 1.79. The van der Waals surface area contributed by atoms with Crippen LogP contribution in [0.4, 0.5) is 0 Å². The number of carbonyl (C=O) groups excluding carboxylic acids is 4. The number of hydrogen-bond acceptors (Lipinski definition) is 11. The Morgan fingerprint density at radius 1 is 0.606 bits per heavy atom. The van der Waals surface area contributed by atoms with E-state index in [9.17, 15) is 19.2 Å². The number of unbranched alkanes of at least 4 members (excludes halogenated alkanes) is 3. The highest BCUT2D eigenvalue weighted by Crippen LogP contribution is 2.11. The standard InChI is InChI=1S/C22H32O11/c23-11-1-3-13-29-19(25)9-10-20(26)30-14-5-6-16-32-22(28)18-8-7-17(33-18)21(27)31-15-4-2-12-24/h7-8,23-24H,1-6,9-16H2. The van der Waals surface area contributed by atoms with Crippen molar-refractivity contribution in [1.29, 1.82) is 0 Å². The molecule has 0 amide bonds. The predicted molar refractivity (Wildman–Crippen MR) is 112 cm³/mol. The Balaban J connectivity index is 2.10. The van der Waals surface area contributed by atoms with Gasteiger partial charge < -0.3 is 33.6 Å². The smallest absolute Gasteiger partial charge is 0.374 e. The van der Waals surface area contributed by atoms with Crippen LogP contribution in [-0.4, -0.2) is 73.7 Å². The number of furan rings is 1. The SMILES string of the molecule is O=C(CCC(=O)OCCCCOC(=O)c1ccc(C(=O)OCCCCO)o1)OCCCCO. The largest absolute Gasteiger partial charge is 0.466 e. The number of hydrogen-bond donors (Lipinski definition) is 2. The molecule has 1 heterocycles. The fourth-order valence-electron chi connectivity index (χ4n) is 2.38. The van der Waals surface area contributed by atoms with Crippen molar-refractivity contribution in [3.05, 3.63) is 23.7 Å². The third-order valence-electron chi connectivity index (χ3n) is 4.18. The van der Waals surface area contributed by atoms with Crippen LogP contribution < -0.4 is 0 Å². The van der Waals surface area contributed by atoms with Crippen LogP contribution in [0.2, 0.25) is 0 Å². The van der Waals surface area contributed by atoms with Gasteiger partial charge >= 0.3 is 23.9 Å². The van der Waals surface area contributed by atoms with Crippen molar-refractivity contribution in [2.24, 2.45) is 0 Å². The van der Waals surface area contributed by atoms with E-state index < -0.39 is 23.9 Å². The molecule has 0 aliphatic carbocycles. The molecule has 1 rings (SSSR count). The third-order valence-corrected chi connectivity index (χ3v) is 4.18. The lowest BCUT2D eigenvalue weighted by molar-refractivity contribution is -0.150. The summed E-state index contributed by atoms with van der Waals surface area (Å²) >= 11 is 0. The molecule has 1 aromatic heterocycles. The van der Waals surface area contributed by atoms with E-state index in [4.69, 9.17) is 33.6 Å². The van der Waals surface area contributed by atoms with Gasteiger partial charge in [-0.25, -0.2) is 9.59 Å². The minimum atomic E-state index is -0.733. The lowest BCUT2D eigenvalue weighted by Crippen LogP contribution is -2.12. The minimum Gasteiger partial charge on any atom is -0.466 e. The van der Waals surface area contributed by atoms with E-state index in [2.05, 4.69) is 0 Å². The lowest BCUT2D eigenvalue weighted by atomic mass is 10.3. The van der Waals surface area contributed by atoms with Crippen molar-refractivity contribution < 1.29 is 52.8 Å². The highest BCUT2D eigenvalue weighted by atomic mass is 16.6. The first-order valence-electron chi connectivity index (χ1n) is 10.9. The van der Waals surface area contributed by atoms with Crippen LogP contribution in [0, 0.1) is 0 Å². The molecule has 0 aromatic carbocycles. The monoisotopic (exact) mass is 472 g/mol. The second-order valence-corrected chi connectivity index (χ2v) is 6.95. The summed E-state index contributed by atoms with van der Waals surface area (Å²) in [5.74, 6) is -2.70. The average molecular weight is 472 g/mol. The Kier molecular flexibility index (Phi) is 15.0. The Hall–Kier alpha value is -2.92. The molecule has 2 N–H and O–H groups in total. The molecular formula is C22H32O11. The summed E-state index contributed by atoms with van der Waals surface area (Å²) in [7, 11) is 0. The van der Waals surface area contributed by atoms with Crippen molar-refractivity contribution in [3.63, 3.8) is 0 Å². The van der Waals surface area contributed by atoms with E-state index in [1.165, 1.54) is 12.1 Å². The van der Waals surface area contributed by atoms with Gasteiger partial charge in [0.25, 0.3) is 0 Å². The summed E-state index contributed by atoms with van der Waals surface area (Å²) in [6.07, 6.45) is 2.89. The second-order valence-electron chi connectivity index (χ2n) is 6.95. The first-order chi connectivity index (χ1) is 16.0. The molecule has 11 heteroatoms. The number of ether oxygens (including phenoxy) is 4. The molecular weight excluding hydrogens is 440 g/mol. The van der Waals surface area contributed by atoms with Crippen LogP contribution in [-0.2, 0) is 28.5 Å². The van der Waals surface area contributed by atoms with Crippen LogP contribution in [0.1, 0.15) is 72.5 Å². The zero-order valence-electron chi connectivity index (χ0n) is 18.6. The number of aliphatic hydroxyl groups is 2. The molecule has 0 atom stereocenters. The van der Waals surface area contributed by atoms with Gasteiger partial charge in [0.05, 0.1) is 39.3 Å². The summed E-state index contributed by atoms with van der Waals surface area (Å²) in [5, 5.41) is 17.3. The Labute approximate surface area is 191 Å². The number of carbonyl (C=O) groups is 4. The summed E-state index contributed by atoms with van der Waals surface area (Å²) in [4.78, 5) is 46.8. The van der Waals surface area contributed by atoms with Crippen molar-refractivity contribution in [2.45, 2.75) is 51.4 Å². The van der Waals surface area contributed by atoms with E-state index in [1.54, 1.807) is 0 Å². The minimum absolute atomic E-state index is 0.0143. The molecule has 11 nitrogen and oxygen atoms in total. The zero-order chi connectivity index (χ0) is 24.3. The molecule has 0 aliphatic rings. The molecule has 0 saturated carbocycles. The molecule has 0 aliphatic heterocycles. The zero-order valence-corrected chi connectivity index (χ0v) is 18.6. The van der Waals surface area contributed by atoms with Gasteiger partial charge in [0.2, 0.25) is 11.5 Å². The molecule has 0 radical (unpaired) electrons. The molecule has 1 aromatic rings. The molecule has 0 unspecified atom stereocenters. The van der Waals surface area contributed by atoms with Crippen LogP contribution in [0.25, 0.3) is 0 Å². The van der Waals surface area contributed by atoms with Gasteiger partial charge in [-0.3, -0.25) is 9.59 Å². The summed E-state index contributed by atoms with van der Waals surface area (Å²) < 4.78 is 25.0. The van der Waals surface area contributed by atoms with Gasteiger partial charge in [0.1, 0.15) is 0 Å². The topological polar surface area (TPSA) is 159 Å². The van der Waals surface area contributed by atoms with Crippen LogP contribution in [0.5, 0.6) is 0 Å². The Morgan fingerprint density at radius 3 is 1.36 bits per heavy atom. The van der Waals surface area contributed by atoms with E-state index >= 15 is 0 Å². The maximum atomic E-state index is 11.9. The Morgan fingerprint density at radius 2 is 0.970 bits per heavy atom. The van der Waals surface area contributed by atoms with Crippen molar-refractivity contribution in [3.8, 4) is 0 Å². The maximum Gasteiger partial charge on any atom is 0.374 e. The molecule has 0 spiro atoms. The van der Waals surface area contributed by atoms with Gasteiger partial charge in [-0.2, -0.15) is 0 Å². The van der Waals surface area contributed by atoms with Gasteiger partial charge in [-0.15, -0.1) is 0 Å². The average Bonchev–Trinajstić information content (AvgIpc) is 3.31. The van der Waals surface area contributed by atoms with Gasteiger partial charge in [0.15, 0.2) is 0 Å². The lowest BCUT2D eigenvalue weighted by Gasteiger charge is -2.06. The molecule has 186 valence electrons. The third kappa shape index (κ3) is 13.3. The van der Waals surface area contributed by atoms with Crippen LogP contribution in [0.15, 0.2) is 16.5 Å². The number of aliphatic hydroxyl groups excluding tert-OH is 2. The van der Waals surface area contributed by atoms with Gasteiger partial charge in [-0.05, 0) is 50.7 Å².